The number of fused-ring (bicyclic) bond motifs is 2. The molecule has 4 rings (SSSR count). The Bertz CT molecular complexity index is 784. The molecule has 1 spiro atoms. The van der Waals surface area contributed by atoms with E-state index in [-0.39, 0.29) is 5.91 Å². The van der Waals surface area contributed by atoms with Gasteiger partial charge in [-0.25, -0.2) is 0 Å². The first-order valence-corrected chi connectivity index (χ1v) is 8.46. The maximum absolute atomic E-state index is 13.1. The third-order valence-corrected chi connectivity index (χ3v) is 4.82. The summed E-state index contributed by atoms with van der Waals surface area (Å²) in [7, 11) is 1.63. The minimum atomic E-state index is -1.30. The van der Waals surface area contributed by atoms with Crippen LogP contribution in [0, 0.1) is 0 Å². The highest BCUT2D eigenvalue weighted by Crippen LogP contribution is 2.47. The van der Waals surface area contributed by atoms with Crippen LogP contribution >= 0.6 is 15.9 Å². The summed E-state index contributed by atoms with van der Waals surface area (Å²) < 4.78 is 17.6. The molecule has 1 fully saturated rings. The number of anilines is 1. The Morgan fingerprint density at radius 1 is 1.17 bits per heavy atom. The largest absolute Gasteiger partial charge is 0.497 e. The Labute approximate surface area is 148 Å². The van der Waals surface area contributed by atoms with Gasteiger partial charge in [0.05, 0.1) is 32.6 Å². The fraction of sp³-hybridized carbons (Fsp3) is 0.278. The number of hydrogen-bond acceptors (Lipinski definition) is 4. The van der Waals surface area contributed by atoms with Crippen LogP contribution in [-0.4, -0.2) is 26.2 Å². The molecule has 5 nitrogen and oxygen atoms in total. The van der Waals surface area contributed by atoms with Crippen molar-refractivity contribution in [2.24, 2.45) is 0 Å². The van der Waals surface area contributed by atoms with Crippen LogP contribution in [0.2, 0.25) is 0 Å². The number of halogens is 1. The Morgan fingerprint density at radius 2 is 1.88 bits per heavy atom. The number of carbonyl (C=O) groups is 1. The van der Waals surface area contributed by atoms with Crippen LogP contribution < -0.4 is 9.64 Å². The molecular formula is C18H16BrNO4. The van der Waals surface area contributed by atoms with Gasteiger partial charge in [0.25, 0.3) is 11.7 Å². The molecule has 124 valence electrons. The van der Waals surface area contributed by atoms with E-state index in [4.69, 9.17) is 14.2 Å². The van der Waals surface area contributed by atoms with Crippen molar-refractivity contribution in [3.8, 4) is 5.75 Å². The lowest BCUT2D eigenvalue weighted by Crippen LogP contribution is -2.40. The first-order valence-electron chi connectivity index (χ1n) is 7.67. The number of rotatable bonds is 3. The zero-order valence-electron chi connectivity index (χ0n) is 13.1. The molecule has 2 aliphatic rings. The molecule has 1 saturated heterocycles. The van der Waals surface area contributed by atoms with E-state index in [2.05, 4.69) is 15.9 Å². The smallest absolute Gasteiger partial charge is 0.292 e. The van der Waals surface area contributed by atoms with E-state index >= 15 is 0 Å². The number of amides is 1. The molecule has 2 aromatic rings. The van der Waals surface area contributed by atoms with Crippen molar-refractivity contribution in [2.75, 3.05) is 25.2 Å². The van der Waals surface area contributed by atoms with Gasteiger partial charge in [0, 0.05) is 10.0 Å². The van der Waals surface area contributed by atoms with Crippen LogP contribution in [0.4, 0.5) is 5.69 Å². The van der Waals surface area contributed by atoms with E-state index in [9.17, 15) is 4.79 Å². The molecule has 0 bridgehead atoms. The normalized spacial score (nSPS) is 18.2. The Balaban J connectivity index is 1.72. The second-order valence-electron chi connectivity index (χ2n) is 5.71. The van der Waals surface area contributed by atoms with Gasteiger partial charge in [0.1, 0.15) is 5.75 Å². The Kier molecular flexibility index (Phi) is 3.83. The predicted octanol–water partition coefficient (Wildman–Crippen LogP) is 3.20. The molecule has 0 N–H and O–H groups in total. The highest BCUT2D eigenvalue weighted by atomic mass is 79.9. The maximum Gasteiger partial charge on any atom is 0.292 e. The van der Waals surface area contributed by atoms with Crippen LogP contribution in [-0.2, 0) is 26.6 Å². The lowest BCUT2D eigenvalue weighted by molar-refractivity contribution is -0.180. The molecule has 6 heteroatoms. The number of carbonyl (C=O) groups excluding carboxylic acids is 1. The minimum absolute atomic E-state index is 0.177. The van der Waals surface area contributed by atoms with Crippen molar-refractivity contribution >= 4 is 27.5 Å². The predicted molar refractivity (Wildman–Crippen MR) is 91.9 cm³/mol. The summed E-state index contributed by atoms with van der Waals surface area (Å²) in [6, 6.07) is 13.4. The molecule has 0 aliphatic carbocycles. The zero-order chi connectivity index (χ0) is 16.7. The first kappa shape index (κ1) is 15.6. The molecule has 2 aromatic carbocycles. The van der Waals surface area contributed by atoms with Crippen LogP contribution in [0.25, 0.3) is 0 Å². The van der Waals surface area contributed by atoms with Crippen LogP contribution in [0.5, 0.6) is 5.75 Å². The van der Waals surface area contributed by atoms with Gasteiger partial charge in [0.15, 0.2) is 0 Å². The van der Waals surface area contributed by atoms with Crippen molar-refractivity contribution < 1.29 is 19.0 Å². The summed E-state index contributed by atoms with van der Waals surface area (Å²) in [5.41, 5.74) is 2.59. The monoisotopic (exact) mass is 389 g/mol. The van der Waals surface area contributed by atoms with Crippen molar-refractivity contribution in [3.05, 3.63) is 58.1 Å². The van der Waals surface area contributed by atoms with E-state index in [1.165, 1.54) is 0 Å². The van der Waals surface area contributed by atoms with E-state index in [1.54, 1.807) is 12.0 Å². The number of benzene rings is 2. The highest BCUT2D eigenvalue weighted by Gasteiger charge is 2.56. The molecule has 0 saturated carbocycles. The van der Waals surface area contributed by atoms with Gasteiger partial charge in [-0.1, -0.05) is 28.1 Å². The average Bonchev–Trinajstić information content (AvgIpc) is 3.17. The average molecular weight is 390 g/mol. The Hall–Kier alpha value is -1.89. The van der Waals surface area contributed by atoms with Crippen LogP contribution in [0.3, 0.4) is 0 Å². The quantitative estimate of drug-likeness (QED) is 0.808. The van der Waals surface area contributed by atoms with E-state index in [0.717, 1.165) is 27.0 Å². The molecule has 0 unspecified atom stereocenters. The second-order valence-corrected chi connectivity index (χ2v) is 6.63. The molecule has 2 aliphatic heterocycles. The lowest BCUT2D eigenvalue weighted by atomic mass is 10.1. The molecule has 24 heavy (non-hydrogen) atoms. The number of methoxy groups -OCH3 is 1. The maximum atomic E-state index is 13.1. The van der Waals surface area contributed by atoms with Gasteiger partial charge in [-0.15, -0.1) is 0 Å². The second kappa shape index (κ2) is 5.88. The van der Waals surface area contributed by atoms with Crippen molar-refractivity contribution in [1.29, 1.82) is 0 Å². The number of hydrogen-bond donors (Lipinski definition) is 0. The summed E-state index contributed by atoms with van der Waals surface area (Å²) in [6.07, 6.45) is 0. The van der Waals surface area contributed by atoms with E-state index < -0.39 is 5.79 Å². The van der Waals surface area contributed by atoms with E-state index in [1.807, 2.05) is 42.5 Å². The lowest BCUT2D eigenvalue weighted by Gasteiger charge is -2.22. The summed E-state index contributed by atoms with van der Waals surface area (Å²) in [5, 5.41) is 0. The topological polar surface area (TPSA) is 48.0 Å². The summed E-state index contributed by atoms with van der Waals surface area (Å²) >= 11 is 3.46. The Morgan fingerprint density at radius 3 is 2.54 bits per heavy atom. The molecule has 0 aromatic heterocycles. The number of nitrogens with zero attached hydrogens (tertiary/aromatic N) is 1. The minimum Gasteiger partial charge on any atom is -0.497 e. The van der Waals surface area contributed by atoms with Gasteiger partial charge < -0.3 is 19.1 Å². The third kappa shape index (κ3) is 2.33. The standard InChI is InChI=1S/C18H16BrNO4/c1-22-14-5-2-12(3-6-14)11-20-16-7-4-13(19)10-15(16)18(17(20)21)23-8-9-24-18/h2-7,10H,8-9,11H2,1H3. The van der Waals surface area contributed by atoms with Gasteiger partial charge in [-0.3, -0.25) is 4.79 Å². The third-order valence-electron chi connectivity index (χ3n) is 4.32. The fourth-order valence-corrected chi connectivity index (χ4v) is 3.53. The number of ether oxygens (including phenoxy) is 3. The highest BCUT2D eigenvalue weighted by molar-refractivity contribution is 9.10. The fourth-order valence-electron chi connectivity index (χ4n) is 3.17. The van der Waals surface area contributed by atoms with Gasteiger partial charge >= 0.3 is 0 Å². The first-order chi connectivity index (χ1) is 11.6. The van der Waals surface area contributed by atoms with Crippen LogP contribution in [0.1, 0.15) is 11.1 Å². The molecule has 1 amide bonds. The molecular weight excluding hydrogens is 374 g/mol. The van der Waals surface area contributed by atoms with Gasteiger partial charge in [-0.05, 0) is 35.9 Å². The van der Waals surface area contributed by atoms with Gasteiger partial charge in [0.2, 0.25) is 0 Å². The zero-order valence-corrected chi connectivity index (χ0v) is 14.7. The summed E-state index contributed by atoms with van der Waals surface area (Å²) in [4.78, 5) is 14.8. The molecule has 0 atom stereocenters. The van der Waals surface area contributed by atoms with Crippen molar-refractivity contribution in [2.45, 2.75) is 12.3 Å². The van der Waals surface area contributed by atoms with Crippen molar-refractivity contribution in [1.82, 2.24) is 0 Å². The molecule has 0 radical (unpaired) electrons. The summed E-state index contributed by atoms with van der Waals surface area (Å²) in [6.45, 7) is 1.27. The van der Waals surface area contributed by atoms with Crippen LogP contribution in [0.15, 0.2) is 46.9 Å². The SMILES string of the molecule is COc1ccc(CN2C(=O)C3(OCCO3)c3cc(Br)ccc32)cc1. The van der Waals surface area contributed by atoms with E-state index in [0.29, 0.717) is 19.8 Å². The summed E-state index contributed by atoms with van der Waals surface area (Å²) in [5.74, 6) is -0.690. The van der Waals surface area contributed by atoms with Gasteiger partial charge in [-0.2, -0.15) is 0 Å². The molecule has 2 heterocycles. The van der Waals surface area contributed by atoms with Crippen molar-refractivity contribution in [3.63, 3.8) is 0 Å².